The van der Waals surface area contributed by atoms with Crippen LogP contribution in [0.4, 0.5) is 0 Å². The summed E-state index contributed by atoms with van der Waals surface area (Å²) in [5, 5.41) is 4.86. The van der Waals surface area contributed by atoms with Crippen molar-refractivity contribution in [3.05, 3.63) is 60.7 Å². The SMILES string of the molecule is C#CCn1c2ccccc2c2cc3c(cc21)c1ccccc1n3CC#C. The second-order valence-corrected chi connectivity index (χ2v) is 6.50. The fourth-order valence-corrected chi connectivity index (χ4v) is 4.11. The molecule has 0 aliphatic carbocycles. The molecule has 0 saturated carbocycles. The molecule has 0 radical (unpaired) electrons. The molecule has 2 heteroatoms. The molecule has 122 valence electrons. The molecule has 0 fully saturated rings. The van der Waals surface area contributed by atoms with Gasteiger partial charge in [-0.25, -0.2) is 0 Å². The van der Waals surface area contributed by atoms with E-state index in [9.17, 15) is 0 Å². The van der Waals surface area contributed by atoms with Crippen LogP contribution < -0.4 is 0 Å². The first kappa shape index (κ1) is 14.7. The van der Waals surface area contributed by atoms with Gasteiger partial charge in [0, 0.05) is 32.6 Å². The molecule has 0 unspecified atom stereocenters. The third-order valence-corrected chi connectivity index (χ3v) is 5.16. The summed E-state index contributed by atoms with van der Waals surface area (Å²) in [5.41, 5.74) is 4.67. The molecule has 5 aromatic rings. The minimum absolute atomic E-state index is 0.554. The lowest BCUT2D eigenvalue weighted by Gasteiger charge is -2.04. The Bertz CT molecular complexity index is 1290. The van der Waals surface area contributed by atoms with Gasteiger partial charge in [0.05, 0.1) is 24.1 Å². The molecule has 5 rings (SSSR count). The normalized spacial score (nSPS) is 11.3. The van der Waals surface area contributed by atoms with Gasteiger partial charge in [-0.05, 0) is 24.3 Å². The summed E-state index contributed by atoms with van der Waals surface area (Å²) in [6.07, 6.45) is 11.3. The number of aromatic nitrogens is 2. The first-order valence-corrected chi connectivity index (χ1v) is 8.62. The molecule has 2 nitrogen and oxygen atoms in total. The van der Waals surface area contributed by atoms with Gasteiger partial charge in [-0.1, -0.05) is 48.2 Å². The number of rotatable bonds is 2. The third-order valence-electron chi connectivity index (χ3n) is 5.16. The molecule has 0 N–H and O–H groups in total. The first-order chi connectivity index (χ1) is 12.8. The standard InChI is InChI=1S/C24H16N2/c1-3-13-25-21-11-7-5-9-17(21)19-16-24-20(15-23(19)25)18-10-6-8-12-22(18)26(24)14-4-2/h1-2,5-12,15-16H,13-14H2. The summed E-state index contributed by atoms with van der Waals surface area (Å²) in [6.45, 7) is 1.11. The number of hydrogen-bond acceptors (Lipinski definition) is 0. The number of terminal acetylenes is 2. The van der Waals surface area contributed by atoms with E-state index >= 15 is 0 Å². The highest BCUT2D eigenvalue weighted by atomic mass is 15.0. The number of nitrogens with zero attached hydrogens (tertiary/aromatic N) is 2. The lowest BCUT2D eigenvalue weighted by molar-refractivity contribution is 0.920. The molecule has 2 aromatic heterocycles. The Morgan fingerprint density at radius 3 is 1.42 bits per heavy atom. The van der Waals surface area contributed by atoms with Crippen LogP contribution in [0.5, 0.6) is 0 Å². The van der Waals surface area contributed by atoms with E-state index in [0.717, 1.165) is 0 Å². The predicted molar refractivity (Wildman–Crippen MR) is 110 cm³/mol. The van der Waals surface area contributed by atoms with E-state index in [1.54, 1.807) is 0 Å². The van der Waals surface area contributed by atoms with Gasteiger partial charge in [0.15, 0.2) is 0 Å². The maximum absolute atomic E-state index is 5.65. The fraction of sp³-hybridized carbons (Fsp3) is 0.0833. The molecule has 0 saturated heterocycles. The van der Waals surface area contributed by atoms with Crippen LogP contribution in [0.15, 0.2) is 60.7 Å². The summed E-state index contributed by atoms with van der Waals surface area (Å²) in [6, 6.07) is 21.4. The lowest BCUT2D eigenvalue weighted by Crippen LogP contribution is -1.95. The van der Waals surface area contributed by atoms with Crippen LogP contribution in [-0.2, 0) is 13.1 Å². The van der Waals surface area contributed by atoms with E-state index in [0.29, 0.717) is 13.1 Å². The van der Waals surface area contributed by atoms with Crippen molar-refractivity contribution in [2.24, 2.45) is 0 Å². The lowest BCUT2D eigenvalue weighted by atomic mass is 10.1. The zero-order valence-corrected chi connectivity index (χ0v) is 14.2. The van der Waals surface area contributed by atoms with E-state index < -0.39 is 0 Å². The second kappa shape index (κ2) is 5.45. The molecule has 3 aromatic carbocycles. The van der Waals surface area contributed by atoms with Gasteiger partial charge in [-0.3, -0.25) is 0 Å². The summed E-state index contributed by atoms with van der Waals surface area (Å²) in [5.74, 6) is 5.59. The zero-order chi connectivity index (χ0) is 17.7. The minimum Gasteiger partial charge on any atom is -0.329 e. The molecule has 2 heterocycles. The number of para-hydroxylation sites is 2. The molecule has 0 spiro atoms. The van der Waals surface area contributed by atoms with Crippen molar-refractivity contribution < 1.29 is 0 Å². The van der Waals surface area contributed by atoms with E-state index in [1.165, 1.54) is 43.6 Å². The largest absolute Gasteiger partial charge is 0.329 e. The summed E-state index contributed by atoms with van der Waals surface area (Å²) in [4.78, 5) is 0. The van der Waals surface area contributed by atoms with Crippen LogP contribution in [-0.4, -0.2) is 9.13 Å². The van der Waals surface area contributed by atoms with Crippen LogP contribution in [0.2, 0.25) is 0 Å². The van der Waals surface area contributed by atoms with Gasteiger partial charge in [0.1, 0.15) is 0 Å². The van der Waals surface area contributed by atoms with E-state index in [4.69, 9.17) is 12.8 Å². The molecule has 0 amide bonds. The Labute approximate surface area is 151 Å². The molecular formula is C24H16N2. The molecule has 0 aliphatic rings. The van der Waals surface area contributed by atoms with Gasteiger partial charge >= 0.3 is 0 Å². The van der Waals surface area contributed by atoms with Gasteiger partial charge in [-0.2, -0.15) is 0 Å². The zero-order valence-electron chi connectivity index (χ0n) is 14.2. The van der Waals surface area contributed by atoms with Crippen molar-refractivity contribution in [3.63, 3.8) is 0 Å². The van der Waals surface area contributed by atoms with Crippen LogP contribution in [0, 0.1) is 24.7 Å². The molecule has 0 bridgehead atoms. The van der Waals surface area contributed by atoms with Crippen molar-refractivity contribution >= 4 is 43.6 Å². The Kier molecular flexibility index (Phi) is 3.08. The molecule has 0 aliphatic heterocycles. The smallest absolute Gasteiger partial charge is 0.0841 e. The van der Waals surface area contributed by atoms with Gasteiger partial charge < -0.3 is 9.13 Å². The van der Waals surface area contributed by atoms with Crippen molar-refractivity contribution in [2.75, 3.05) is 0 Å². The Morgan fingerprint density at radius 1 is 0.577 bits per heavy atom. The van der Waals surface area contributed by atoms with E-state index in [1.807, 2.05) is 0 Å². The number of fused-ring (bicyclic) bond motifs is 6. The second-order valence-electron chi connectivity index (χ2n) is 6.50. The van der Waals surface area contributed by atoms with E-state index in [2.05, 4.69) is 81.6 Å². The number of hydrogen-bond donors (Lipinski definition) is 0. The highest BCUT2D eigenvalue weighted by Crippen LogP contribution is 2.36. The Balaban J connectivity index is 2.03. The quantitative estimate of drug-likeness (QED) is 0.395. The summed E-state index contributed by atoms with van der Waals surface area (Å²) in [7, 11) is 0. The molecule has 0 atom stereocenters. The van der Waals surface area contributed by atoms with Crippen molar-refractivity contribution in [1.82, 2.24) is 9.13 Å². The topological polar surface area (TPSA) is 9.86 Å². The first-order valence-electron chi connectivity index (χ1n) is 8.62. The highest BCUT2D eigenvalue weighted by Gasteiger charge is 2.15. The Hall–Kier alpha value is -3.62. The van der Waals surface area contributed by atoms with Gasteiger partial charge in [0.25, 0.3) is 0 Å². The van der Waals surface area contributed by atoms with E-state index in [-0.39, 0.29) is 0 Å². The van der Waals surface area contributed by atoms with Gasteiger partial charge in [-0.15, -0.1) is 12.8 Å². The Morgan fingerprint density at radius 2 is 1.00 bits per heavy atom. The minimum atomic E-state index is 0.554. The van der Waals surface area contributed by atoms with Crippen molar-refractivity contribution in [2.45, 2.75) is 13.1 Å². The van der Waals surface area contributed by atoms with Crippen LogP contribution in [0.1, 0.15) is 0 Å². The van der Waals surface area contributed by atoms with Crippen LogP contribution in [0.25, 0.3) is 43.6 Å². The molecule has 26 heavy (non-hydrogen) atoms. The summed E-state index contributed by atoms with van der Waals surface area (Å²) >= 11 is 0. The fourth-order valence-electron chi connectivity index (χ4n) is 4.11. The van der Waals surface area contributed by atoms with Crippen LogP contribution in [0.3, 0.4) is 0 Å². The van der Waals surface area contributed by atoms with Crippen molar-refractivity contribution in [1.29, 1.82) is 0 Å². The number of benzene rings is 3. The van der Waals surface area contributed by atoms with Crippen molar-refractivity contribution in [3.8, 4) is 24.7 Å². The maximum Gasteiger partial charge on any atom is 0.0841 e. The van der Waals surface area contributed by atoms with Crippen LogP contribution >= 0.6 is 0 Å². The average Bonchev–Trinajstić information content (AvgIpc) is 3.15. The monoisotopic (exact) mass is 332 g/mol. The maximum atomic E-state index is 5.65. The predicted octanol–water partition coefficient (Wildman–Crippen LogP) is 5.17. The summed E-state index contributed by atoms with van der Waals surface area (Å²) < 4.78 is 4.44. The molecular weight excluding hydrogens is 316 g/mol. The van der Waals surface area contributed by atoms with Gasteiger partial charge in [0.2, 0.25) is 0 Å². The third kappa shape index (κ3) is 1.85. The average molecular weight is 332 g/mol. The highest BCUT2D eigenvalue weighted by molar-refractivity contribution is 6.17.